The van der Waals surface area contributed by atoms with Crippen LogP contribution in [0.25, 0.3) is 0 Å². The Morgan fingerprint density at radius 1 is 1.18 bits per heavy atom. The molecule has 1 aliphatic heterocycles. The maximum absolute atomic E-state index is 5.41. The Labute approximate surface area is 139 Å². The number of nitrogens with one attached hydrogen (secondary N) is 3. The number of hydrogen-bond donors (Lipinski definition) is 3. The van der Waals surface area contributed by atoms with Crippen molar-refractivity contribution in [2.45, 2.75) is 27.2 Å². The van der Waals surface area contributed by atoms with E-state index >= 15 is 0 Å². The first-order valence-electron chi connectivity index (χ1n) is 8.10. The zero-order valence-electron chi connectivity index (χ0n) is 13.9. The van der Waals surface area contributed by atoms with E-state index in [0.29, 0.717) is 5.11 Å². The highest BCUT2D eigenvalue weighted by molar-refractivity contribution is 7.80. The number of morpholine rings is 1. The fraction of sp³-hybridized carbons (Fsp3) is 0.588. The van der Waals surface area contributed by atoms with Gasteiger partial charge in [-0.1, -0.05) is 17.7 Å². The Kier molecular flexibility index (Phi) is 6.61. The number of thiocarbonyl (C=S) groups is 1. The van der Waals surface area contributed by atoms with Gasteiger partial charge in [-0.3, -0.25) is 0 Å². The number of aryl methyl sites for hydroxylation is 3. The minimum atomic E-state index is 0.715. The lowest BCUT2D eigenvalue weighted by atomic mass is 10.1. The van der Waals surface area contributed by atoms with Crippen molar-refractivity contribution in [3.63, 3.8) is 0 Å². The Hall–Kier alpha value is -1.17. The van der Waals surface area contributed by atoms with Gasteiger partial charge in [0.15, 0.2) is 5.11 Å². The van der Waals surface area contributed by atoms with E-state index in [9.17, 15) is 0 Å². The smallest absolute Gasteiger partial charge is 0.170 e. The summed E-state index contributed by atoms with van der Waals surface area (Å²) in [6.07, 6.45) is 1.13. The van der Waals surface area contributed by atoms with Gasteiger partial charge in [-0.15, -0.1) is 0 Å². The Morgan fingerprint density at radius 3 is 2.45 bits per heavy atom. The molecule has 0 saturated carbocycles. The molecule has 1 fully saturated rings. The van der Waals surface area contributed by atoms with E-state index in [-0.39, 0.29) is 0 Å². The summed E-state index contributed by atoms with van der Waals surface area (Å²) in [7, 11) is 0. The fourth-order valence-electron chi connectivity index (χ4n) is 2.99. The lowest BCUT2D eigenvalue weighted by molar-refractivity contribution is -0.908. The van der Waals surface area contributed by atoms with Gasteiger partial charge in [0.1, 0.15) is 13.1 Å². The van der Waals surface area contributed by atoms with Crippen molar-refractivity contribution >= 4 is 23.0 Å². The average molecular weight is 322 g/mol. The van der Waals surface area contributed by atoms with Crippen LogP contribution in [0, 0.1) is 20.8 Å². The summed E-state index contributed by atoms with van der Waals surface area (Å²) in [5, 5.41) is 7.37. The normalized spacial score (nSPS) is 15.6. The molecule has 0 aliphatic carbocycles. The third-order valence-electron chi connectivity index (χ3n) is 4.11. The minimum absolute atomic E-state index is 0.715. The number of ether oxygens (including phenoxy) is 1. The van der Waals surface area contributed by atoms with Gasteiger partial charge in [0.05, 0.1) is 19.8 Å². The number of rotatable bonds is 5. The van der Waals surface area contributed by atoms with Crippen LogP contribution < -0.4 is 15.5 Å². The third kappa shape index (κ3) is 5.23. The Morgan fingerprint density at radius 2 is 1.82 bits per heavy atom. The van der Waals surface area contributed by atoms with Crippen molar-refractivity contribution in [2.75, 3.05) is 44.7 Å². The standard InChI is InChI=1S/C17H27N3OS/c1-13-11-14(2)16(15(3)12-13)19-17(22)18-5-4-6-20-7-9-21-10-8-20/h11-12H,4-10H2,1-3H3,(H2,18,19,22)/p+1. The van der Waals surface area contributed by atoms with Crippen molar-refractivity contribution in [2.24, 2.45) is 0 Å². The van der Waals surface area contributed by atoms with E-state index in [0.717, 1.165) is 45.0 Å². The van der Waals surface area contributed by atoms with Gasteiger partial charge in [0.25, 0.3) is 0 Å². The predicted octanol–water partition coefficient (Wildman–Crippen LogP) is 1.20. The minimum Gasteiger partial charge on any atom is -0.370 e. The fourth-order valence-corrected chi connectivity index (χ4v) is 3.19. The Balaban J connectivity index is 1.71. The first-order valence-corrected chi connectivity index (χ1v) is 8.51. The predicted molar refractivity (Wildman–Crippen MR) is 95.9 cm³/mol. The largest absolute Gasteiger partial charge is 0.370 e. The second kappa shape index (κ2) is 8.46. The van der Waals surface area contributed by atoms with Gasteiger partial charge < -0.3 is 20.3 Å². The summed E-state index contributed by atoms with van der Waals surface area (Å²) in [4.78, 5) is 1.64. The van der Waals surface area contributed by atoms with Crippen molar-refractivity contribution in [3.8, 4) is 0 Å². The monoisotopic (exact) mass is 322 g/mol. The van der Waals surface area contributed by atoms with Crippen LogP contribution in [-0.4, -0.2) is 44.5 Å². The zero-order chi connectivity index (χ0) is 15.9. The topological polar surface area (TPSA) is 37.7 Å². The maximum atomic E-state index is 5.41. The van der Waals surface area contributed by atoms with Crippen molar-refractivity contribution < 1.29 is 9.64 Å². The number of anilines is 1. The summed E-state index contributed by atoms with van der Waals surface area (Å²) in [5.74, 6) is 0. The molecule has 0 bridgehead atoms. The van der Waals surface area contributed by atoms with Gasteiger partial charge in [0, 0.05) is 18.7 Å². The van der Waals surface area contributed by atoms with Crippen LogP contribution >= 0.6 is 12.2 Å². The number of benzene rings is 1. The van der Waals surface area contributed by atoms with Crippen LogP contribution in [-0.2, 0) is 4.74 Å². The molecule has 0 amide bonds. The number of quaternary nitrogens is 1. The summed E-state index contributed by atoms with van der Waals surface area (Å²) in [6, 6.07) is 4.36. The molecule has 1 aromatic rings. The van der Waals surface area contributed by atoms with E-state index in [2.05, 4.69) is 43.5 Å². The quantitative estimate of drug-likeness (QED) is 0.563. The molecule has 1 aromatic carbocycles. The van der Waals surface area contributed by atoms with Crippen molar-refractivity contribution in [3.05, 3.63) is 28.8 Å². The molecule has 22 heavy (non-hydrogen) atoms. The summed E-state index contributed by atoms with van der Waals surface area (Å²) < 4.78 is 5.37. The molecule has 0 spiro atoms. The molecule has 2 rings (SSSR count). The van der Waals surface area contributed by atoms with E-state index in [1.54, 1.807) is 4.90 Å². The highest BCUT2D eigenvalue weighted by Crippen LogP contribution is 2.21. The van der Waals surface area contributed by atoms with Gasteiger partial charge in [-0.25, -0.2) is 0 Å². The van der Waals surface area contributed by atoms with E-state index in [1.807, 2.05) is 0 Å². The molecule has 122 valence electrons. The van der Waals surface area contributed by atoms with Crippen LogP contribution in [0.2, 0.25) is 0 Å². The summed E-state index contributed by atoms with van der Waals surface area (Å²) >= 11 is 5.41. The lowest BCUT2D eigenvalue weighted by Crippen LogP contribution is -3.14. The second-order valence-corrected chi connectivity index (χ2v) is 6.53. The first kappa shape index (κ1) is 17.2. The molecule has 1 heterocycles. The second-order valence-electron chi connectivity index (χ2n) is 6.12. The highest BCUT2D eigenvalue weighted by Gasteiger charge is 2.12. The molecule has 0 unspecified atom stereocenters. The van der Waals surface area contributed by atoms with Crippen LogP contribution in [0.3, 0.4) is 0 Å². The zero-order valence-corrected chi connectivity index (χ0v) is 14.7. The van der Waals surface area contributed by atoms with Crippen LogP contribution in [0.5, 0.6) is 0 Å². The van der Waals surface area contributed by atoms with E-state index in [1.165, 1.54) is 23.2 Å². The molecule has 1 saturated heterocycles. The van der Waals surface area contributed by atoms with Crippen LogP contribution in [0.4, 0.5) is 5.69 Å². The molecule has 0 aromatic heterocycles. The molecular weight excluding hydrogens is 294 g/mol. The van der Waals surface area contributed by atoms with Gasteiger partial charge >= 0.3 is 0 Å². The molecular formula is C17H28N3OS+. The molecule has 3 N–H and O–H groups in total. The molecule has 1 aliphatic rings. The average Bonchev–Trinajstić information content (AvgIpc) is 2.48. The van der Waals surface area contributed by atoms with Gasteiger partial charge in [-0.2, -0.15) is 0 Å². The summed E-state index contributed by atoms with van der Waals surface area (Å²) in [5.41, 5.74) is 4.88. The van der Waals surface area contributed by atoms with Crippen LogP contribution in [0.1, 0.15) is 23.1 Å². The molecule has 4 nitrogen and oxygen atoms in total. The SMILES string of the molecule is Cc1cc(C)c(NC(=S)NCCC[NH+]2CCOCC2)c(C)c1. The number of hydrogen-bond acceptors (Lipinski definition) is 2. The van der Waals surface area contributed by atoms with Gasteiger partial charge in [-0.05, 0) is 44.1 Å². The van der Waals surface area contributed by atoms with Gasteiger partial charge in [0.2, 0.25) is 0 Å². The van der Waals surface area contributed by atoms with E-state index < -0.39 is 0 Å². The van der Waals surface area contributed by atoms with Crippen molar-refractivity contribution in [1.82, 2.24) is 5.32 Å². The summed E-state index contributed by atoms with van der Waals surface area (Å²) in [6.45, 7) is 12.5. The van der Waals surface area contributed by atoms with Crippen molar-refractivity contribution in [1.29, 1.82) is 0 Å². The molecule has 5 heteroatoms. The maximum Gasteiger partial charge on any atom is 0.170 e. The first-order chi connectivity index (χ1) is 10.6. The van der Waals surface area contributed by atoms with E-state index in [4.69, 9.17) is 17.0 Å². The molecule has 0 atom stereocenters. The Bertz CT molecular complexity index is 490. The third-order valence-corrected chi connectivity index (χ3v) is 4.35. The lowest BCUT2D eigenvalue weighted by Gasteiger charge is -2.23. The molecule has 0 radical (unpaired) electrons. The van der Waals surface area contributed by atoms with Crippen LogP contribution in [0.15, 0.2) is 12.1 Å². The highest BCUT2D eigenvalue weighted by atomic mass is 32.1.